The molecular weight excluding hydrogens is 234 g/mol. The van der Waals surface area contributed by atoms with Crippen LogP contribution in [0, 0.1) is 24.7 Å². The van der Waals surface area contributed by atoms with Gasteiger partial charge in [-0.2, -0.15) is 0 Å². The first-order valence-electron chi connectivity index (χ1n) is 7.94. The summed E-state index contributed by atoms with van der Waals surface area (Å²) in [6.07, 6.45) is 8.57. The number of nitrogens with two attached hydrogens (primary N) is 1. The van der Waals surface area contributed by atoms with Gasteiger partial charge in [-0.1, -0.05) is 0 Å². The normalized spacial score (nSPS) is 40.0. The molecule has 1 aromatic heterocycles. The van der Waals surface area contributed by atoms with E-state index in [1.54, 1.807) is 0 Å². The van der Waals surface area contributed by atoms with E-state index >= 15 is 0 Å². The molecule has 0 aromatic carbocycles. The Morgan fingerprint density at radius 3 is 2.16 bits per heavy atom. The van der Waals surface area contributed by atoms with E-state index < -0.39 is 0 Å². The van der Waals surface area contributed by atoms with Crippen LogP contribution in [0.2, 0.25) is 0 Å². The molecule has 1 heterocycles. The molecule has 0 spiro atoms. The first-order valence-corrected chi connectivity index (χ1v) is 7.94. The first-order chi connectivity index (χ1) is 9.11. The molecule has 5 rings (SSSR count). The van der Waals surface area contributed by atoms with Crippen LogP contribution < -0.4 is 5.73 Å². The average molecular weight is 259 g/mol. The van der Waals surface area contributed by atoms with Crippen molar-refractivity contribution in [1.29, 1.82) is 0 Å². The maximum Gasteiger partial charge on any atom is 0.126 e. The van der Waals surface area contributed by atoms with Gasteiger partial charge in [0.05, 0.1) is 5.69 Å². The van der Waals surface area contributed by atoms with Crippen molar-refractivity contribution < 1.29 is 0 Å². The SMILES string of the molecule is CCn1c(C23CC4CC(CC(C4)C2)C3)nc(C)c1N. The second kappa shape index (κ2) is 3.77. The Bertz CT molecular complexity index is 479. The van der Waals surface area contributed by atoms with Crippen molar-refractivity contribution >= 4 is 5.82 Å². The summed E-state index contributed by atoms with van der Waals surface area (Å²) in [5.41, 5.74) is 7.64. The highest BCUT2D eigenvalue weighted by Crippen LogP contribution is 2.60. The maximum absolute atomic E-state index is 6.23. The van der Waals surface area contributed by atoms with Crippen LogP contribution in [0.4, 0.5) is 5.82 Å². The molecule has 0 aliphatic heterocycles. The molecule has 4 bridgehead atoms. The number of hydrogen-bond donors (Lipinski definition) is 1. The van der Waals surface area contributed by atoms with Crippen LogP contribution >= 0.6 is 0 Å². The topological polar surface area (TPSA) is 43.8 Å². The second-order valence-corrected chi connectivity index (χ2v) is 7.35. The number of hydrogen-bond acceptors (Lipinski definition) is 2. The van der Waals surface area contributed by atoms with Crippen molar-refractivity contribution in [2.24, 2.45) is 17.8 Å². The molecular formula is C16H25N3. The van der Waals surface area contributed by atoms with Gasteiger partial charge in [0.2, 0.25) is 0 Å². The third kappa shape index (κ3) is 1.53. The molecule has 4 fully saturated rings. The zero-order valence-electron chi connectivity index (χ0n) is 12.2. The quantitative estimate of drug-likeness (QED) is 0.886. The summed E-state index contributed by atoms with van der Waals surface area (Å²) in [5.74, 6) is 5.12. The number of rotatable bonds is 2. The summed E-state index contributed by atoms with van der Waals surface area (Å²) in [6.45, 7) is 5.22. The fraction of sp³-hybridized carbons (Fsp3) is 0.812. The molecule has 3 nitrogen and oxygen atoms in total. The summed E-state index contributed by atoms with van der Waals surface area (Å²) in [5, 5.41) is 0. The predicted molar refractivity (Wildman–Crippen MR) is 76.9 cm³/mol. The Morgan fingerprint density at radius 1 is 1.16 bits per heavy atom. The minimum Gasteiger partial charge on any atom is -0.384 e. The lowest BCUT2D eigenvalue weighted by Gasteiger charge is -2.56. The van der Waals surface area contributed by atoms with E-state index in [9.17, 15) is 0 Å². The van der Waals surface area contributed by atoms with E-state index in [0.29, 0.717) is 5.41 Å². The number of nitrogen functional groups attached to an aromatic ring is 1. The molecule has 0 atom stereocenters. The summed E-state index contributed by atoms with van der Waals surface area (Å²) >= 11 is 0. The van der Waals surface area contributed by atoms with Gasteiger partial charge in [-0.25, -0.2) is 4.98 Å². The Balaban J connectivity index is 1.81. The van der Waals surface area contributed by atoms with Gasteiger partial charge >= 0.3 is 0 Å². The highest BCUT2D eigenvalue weighted by atomic mass is 15.2. The number of anilines is 1. The van der Waals surface area contributed by atoms with E-state index in [0.717, 1.165) is 35.8 Å². The van der Waals surface area contributed by atoms with Crippen molar-refractivity contribution in [3.63, 3.8) is 0 Å². The van der Waals surface area contributed by atoms with Crippen molar-refractivity contribution in [3.05, 3.63) is 11.5 Å². The van der Waals surface area contributed by atoms with Crippen LogP contribution in [0.15, 0.2) is 0 Å². The smallest absolute Gasteiger partial charge is 0.126 e. The molecule has 0 amide bonds. The van der Waals surface area contributed by atoms with Crippen LogP contribution in [0.25, 0.3) is 0 Å². The summed E-state index contributed by atoms with van der Waals surface area (Å²) in [7, 11) is 0. The van der Waals surface area contributed by atoms with E-state index in [1.165, 1.54) is 44.3 Å². The third-order valence-corrected chi connectivity index (χ3v) is 6.02. The van der Waals surface area contributed by atoms with Crippen LogP contribution in [-0.2, 0) is 12.0 Å². The Labute approximate surface area is 115 Å². The molecule has 1 aromatic rings. The van der Waals surface area contributed by atoms with Crippen LogP contribution in [0.5, 0.6) is 0 Å². The molecule has 0 saturated heterocycles. The van der Waals surface area contributed by atoms with Gasteiger partial charge in [0, 0.05) is 12.0 Å². The fourth-order valence-electron chi connectivity index (χ4n) is 5.70. The van der Waals surface area contributed by atoms with Gasteiger partial charge in [-0.05, 0) is 70.1 Å². The lowest BCUT2D eigenvalue weighted by Crippen LogP contribution is -2.49. The van der Waals surface area contributed by atoms with E-state index in [-0.39, 0.29) is 0 Å². The lowest BCUT2D eigenvalue weighted by molar-refractivity contribution is -0.0108. The van der Waals surface area contributed by atoms with Crippen molar-refractivity contribution in [1.82, 2.24) is 9.55 Å². The van der Waals surface area contributed by atoms with Crippen molar-refractivity contribution in [2.75, 3.05) is 5.73 Å². The average Bonchev–Trinajstić information content (AvgIpc) is 2.64. The first kappa shape index (κ1) is 11.8. The third-order valence-electron chi connectivity index (χ3n) is 6.02. The standard InChI is InChI=1S/C16H25N3/c1-3-19-14(17)10(2)18-15(19)16-7-11-4-12(8-16)6-13(5-11)9-16/h11-13H,3-9,17H2,1-2H3. The van der Waals surface area contributed by atoms with Crippen molar-refractivity contribution in [2.45, 2.75) is 64.3 Å². The number of aromatic nitrogens is 2. The molecule has 0 radical (unpaired) electrons. The zero-order chi connectivity index (χ0) is 13.2. The molecule has 4 saturated carbocycles. The Morgan fingerprint density at radius 2 is 1.68 bits per heavy atom. The minimum atomic E-state index is 0.368. The summed E-state index contributed by atoms with van der Waals surface area (Å²) < 4.78 is 2.29. The molecule has 4 aliphatic rings. The molecule has 104 valence electrons. The van der Waals surface area contributed by atoms with Crippen molar-refractivity contribution in [3.8, 4) is 0 Å². The maximum atomic E-state index is 6.23. The van der Waals surface area contributed by atoms with Crippen LogP contribution in [-0.4, -0.2) is 9.55 Å². The van der Waals surface area contributed by atoms with Gasteiger partial charge in [0.15, 0.2) is 0 Å². The monoisotopic (exact) mass is 259 g/mol. The van der Waals surface area contributed by atoms with Crippen LogP contribution in [0.1, 0.15) is 57.0 Å². The molecule has 4 aliphatic carbocycles. The predicted octanol–water partition coefficient (Wildman–Crippen LogP) is 3.26. The zero-order valence-corrected chi connectivity index (χ0v) is 12.2. The van der Waals surface area contributed by atoms with E-state index in [2.05, 4.69) is 18.4 Å². The molecule has 2 N–H and O–H groups in total. The van der Waals surface area contributed by atoms with E-state index in [4.69, 9.17) is 10.7 Å². The highest BCUT2D eigenvalue weighted by Gasteiger charge is 2.53. The summed E-state index contributed by atoms with van der Waals surface area (Å²) in [6, 6.07) is 0. The lowest BCUT2D eigenvalue weighted by atomic mass is 9.49. The van der Waals surface area contributed by atoms with Crippen LogP contribution in [0.3, 0.4) is 0 Å². The van der Waals surface area contributed by atoms with Gasteiger partial charge < -0.3 is 10.3 Å². The molecule has 3 heteroatoms. The van der Waals surface area contributed by atoms with Gasteiger partial charge in [0.1, 0.15) is 11.6 Å². The molecule has 0 unspecified atom stereocenters. The van der Waals surface area contributed by atoms with E-state index in [1.807, 2.05) is 0 Å². The van der Waals surface area contributed by atoms with Gasteiger partial charge in [0.25, 0.3) is 0 Å². The highest BCUT2D eigenvalue weighted by molar-refractivity contribution is 5.39. The summed E-state index contributed by atoms with van der Waals surface area (Å²) in [4.78, 5) is 4.91. The fourth-order valence-corrected chi connectivity index (χ4v) is 5.70. The minimum absolute atomic E-state index is 0.368. The largest absolute Gasteiger partial charge is 0.384 e. The number of aryl methyl sites for hydroxylation is 1. The molecule has 19 heavy (non-hydrogen) atoms. The second-order valence-electron chi connectivity index (χ2n) is 7.35. The van der Waals surface area contributed by atoms with Gasteiger partial charge in [-0.3, -0.25) is 0 Å². The van der Waals surface area contributed by atoms with Gasteiger partial charge in [-0.15, -0.1) is 0 Å². The number of imidazole rings is 1. The number of nitrogens with zero attached hydrogens (tertiary/aromatic N) is 2. The Hall–Kier alpha value is -0.990. The Kier molecular flexibility index (Phi) is 2.34.